The Kier molecular flexibility index (Phi) is 7.03. The van der Waals surface area contributed by atoms with Crippen LogP contribution in [0.15, 0.2) is 24.3 Å². The Hall–Kier alpha value is -3.68. The second-order valence-corrected chi connectivity index (χ2v) is 5.94. The van der Waals surface area contributed by atoms with Gasteiger partial charge in [-0.15, -0.1) is 0 Å². The van der Waals surface area contributed by atoms with Crippen LogP contribution in [0.3, 0.4) is 0 Å². The summed E-state index contributed by atoms with van der Waals surface area (Å²) in [7, 11) is 0. The highest BCUT2D eigenvalue weighted by atomic mass is 16.3. The monoisotopic (exact) mass is 388 g/mol. The quantitative estimate of drug-likeness (QED) is 0.584. The normalized spacial score (nSPS) is 9.86. The maximum Gasteiger partial charge on any atom is 0.167 e. The first-order valence-corrected chi connectivity index (χ1v) is 8.03. The summed E-state index contributed by atoms with van der Waals surface area (Å²) >= 11 is 0. The minimum Gasteiger partial charge on any atom is -0.507 e. The molecule has 0 aliphatic carbocycles. The molecule has 0 amide bonds. The van der Waals surface area contributed by atoms with E-state index < -0.39 is 23.1 Å². The molecular weight excluding hydrogens is 368 g/mol. The van der Waals surface area contributed by atoms with Crippen molar-refractivity contribution in [3.05, 3.63) is 46.5 Å². The highest BCUT2D eigenvalue weighted by molar-refractivity contribution is 6.06. The third-order valence-corrected chi connectivity index (χ3v) is 3.77. The van der Waals surface area contributed by atoms with Crippen LogP contribution in [0.25, 0.3) is 0 Å². The summed E-state index contributed by atoms with van der Waals surface area (Å²) < 4.78 is 0. The topological polar surface area (TPSA) is 149 Å². The van der Waals surface area contributed by atoms with E-state index in [4.69, 9.17) is 0 Å². The van der Waals surface area contributed by atoms with E-state index in [1.165, 1.54) is 52.0 Å². The molecule has 2 aromatic rings. The van der Waals surface area contributed by atoms with Crippen LogP contribution in [0.4, 0.5) is 0 Å². The lowest BCUT2D eigenvalue weighted by Gasteiger charge is -2.06. The minimum absolute atomic E-state index is 0.0352. The lowest BCUT2D eigenvalue weighted by atomic mass is 10.0. The molecule has 4 N–H and O–H groups in total. The van der Waals surface area contributed by atoms with Crippen molar-refractivity contribution in [2.24, 2.45) is 0 Å². The fourth-order valence-corrected chi connectivity index (χ4v) is 2.42. The Balaban J connectivity index is 0.000000280. The van der Waals surface area contributed by atoms with Crippen molar-refractivity contribution in [1.82, 2.24) is 0 Å². The van der Waals surface area contributed by atoms with E-state index in [0.717, 1.165) is 0 Å². The molecule has 0 aromatic heterocycles. The van der Waals surface area contributed by atoms with Crippen LogP contribution in [0.1, 0.15) is 69.1 Å². The number of carbonyl (C=O) groups excluding carboxylic acids is 4. The van der Waals surface area contributed by atoms with Crippen molar-refractivity contribution in [2.75, 3.05) is 0 Å². The molecule has 0 radical (unpaired) electrons. The largest absolute Gasteiger partial charge is 0.507 e. The van der Waals surface area contributed by atoms with Crippen LogP contribution in [-0.4, -0.2) is 43.6 Å². The molecule has 148 valence electrons. The number of ketones is 4. The number of phenols is 4. The van der Waals surface area contributed by atoms with Gasteiger partial charge in [-0.25, -0.2) is 0 Å². The average molecular weight is 388 g/mol. The highest BCUT2D eigenvalue weighted by Gasteiger charge is 2.18. The van der Waals surface area contributed by atoms with Crippen LogP contribution < -0.4 is 0 Å². The molecule has 0 atom stereocenters. The van der Waals surface area contributed by atoms with Crippen LogP contribution in [-0.2, 0) is 0 Å². The van der Waals surface area contributed by atoms with Gasteiger partial charge < -0.3 is 20.4 Å². The smallest absolute Gasteiger partial charge is 0.167 e. The van der Waals surface area contributed by atoms with Gasteiger partial charge in [0, 0.05) is 0 Å². The van der Waals surface area contributed by atoms with Gasteiger partial charge in [0.2, 0.25) is 0 Å². The Morgan fingerprint density at radius 1 is 0.536 bits per heavy atom. The standard InChI is InChI=1S/2C10H10O4/c2*1-5(11)7-3-4-8(13)9(6(2)12)10(7)14/h2*3-4,13-14H,1-2H3. The maximum atomic E-state index is 11.0. The van der Waals surface area contributed by atoms with Crippen molar-refractivity contribution in [2.45, 2.75) is 27.7 Å². The maximum absolute atomic E-state index is 11.0. The van der Waals surface area contributed by atoms with Gasteiger partial charge in [-0.05, 0) is 52.0 Å². The van der Waals surface area contributed by atoms with Gasteiger partial charge in [0.05, 0.1) is 11.1 Å². The predicted molar refractivity (Wildman–Crippen MR) is 99.6 cm³/mol. The molecule has 0 saturated carbocycles. The number of phenolic OH excluding ortho intramolecular Hbond substituents is 4. The van der Waals surface area contributed by atoms with Crippen molar-refractivity contribution >= 4 is 23.1 Å². The van der Waals surface area contributed by atoms with Gasteiger partial charge >= 0.3 is 0 Å². The van der Waals surface area contributed by atoms with E-state index in [2.05, 4.69) is 0 Å². The van der Waals surface area contributed by atoms with E-state index in [1.54, 1.807) is 0 Å². The third-order valence-electron chi connectivity index (χ3n) is 3.77. The first-order valence-electron chi connectivity index (χ1n) is 8.03. The molecule has 0 aliphatic heterocycles. The Bertz CT molecular complexity index is 893. The molecular formula is C20H20O8. The zero-order valence-corrected chi connectivity index (χ0v) is 15.7. The number of hydrogen-bond donors (Lipinski definition) is 4. The second kappa shape index (κ2) is 8.81. The van der Waals surface area contributed by atoms with Crippen LogP contribution >= 0.6 is 0 Å². The molecule has 8 heteroatoms. The van der Waals surface area contributed by atoms with E-state index in [0.29, 0.717) is 0 Å². The Morgan fingerprint density at radius 3 is 1.04 bits per heavy atom. The minimum atomic E-state index is -0.483. The van der Waals surface area contributed by atoms with E-state index in [9.17, 15) is 39.6 Å². The van der Waals surface area contributed by atoms with E-state index >= 15 is 0 Å². The first-order chi connectivity index (χ1) is 12.9. The molecule has 0 fully saturated rings. The van der Waals surface area contributed by atoms with Crippen molar-refractivity contribution in [1.29, 1.82) is 0 Å². The molecule has 0 spiro atoms. The van der Waals surface area contributed by atoms with Gasteiger partial charge in [0.25, 0.3) is 0 Å². The number of aromatic hydroxyl groups is 4. The van der Waals surface area contributed by atoms with Gasteiger partial charge in [-0.3, -0.25) is 19.2 Å². The predicted octanol–water partition coefficient (Wildman–Crippen LogP) is 3.01. The SMILES string of the molecule is CC(=O)c1ccc(O)c(C(C)=O)c1O.CC(=O)c1ccc(O)c(C(C)=O)c1O. The van der Waals surface area contributed by atoms with E-state index in [-0.39, 0.29) is 45.3 Å². The van der Waals surface area contributed by atoms with Gasteiger partial charge in [0.15, 0.2) is 23.1 Å². The van der Waals surface area contributed by atoms with E-state index in [1.807, 2.05) is 0 Å². The number of Topliss-reactive ketones (excluding diaryl/α,β-unsaturated/α-hetero) is 4. The number of rotatable bonds is 4. The first kappa shape index (κ1) is 22.4. The number of hydrogen-bond acceptors (Lipinski definition) is 8. The average Bonchev–Trinajstić information content (AvgIpc) is 2.54. The van der Waals surface area contributed by atoms with Crippen LogP contribution in [0, 0.1) is 0 Å². The Morgan fingerprint density at radius 2 is 0.821 bits per heavy atom. The zero-order valence-electron chi connectivity index (χ0n) is 15.7. The van der Waals surface area contributed by atoms with Crippen molar-refractivity contribution in [3.63, 3.8) is 0 Å². The molecule has 0 aliphatic rings. The summed E-state index contributed by atoms with van der Waals surface area (Å²) in [5.74, 6) is -3.23. The Labute approximate surface area is 160 Å². The lowest BCUT2D eigenvalue weighted by Crippen LogP contribution is -2.00. The van der Waals surface area contributed by atoms with Crippen LogP contribution in [0.5, 0.6) is 23.0 Å². The van der Waals surface area contributed by atoms with Gasteiger partial charge in [-0.2, -0.15) is 0 Å². The molecule has 8 nitrogen and oxygen atoms in total. The number of benzene rings is 2. The number of carbonyl (C=O) groups is 4. The lowest BCUT2D eigenvalue weighted by molar-refractivity contribution is 0.0990. The molecule has 0 heterocycles. The molecule has 2 rings (SSSR count). The van der Waals surface area contributed by atoms with Crippen molar-refractivity contribution < 1.29 is 39.6 Å². The highest BCUT2D eigenvalue weighted by Crippen LogP contribution is 2.31. The molecule has 0 saturated heterocycles. The third kappa shape index (κ3) is 4.73. The summed E-state index contributed by atoms with van der Waals surface area (Å²) in [4.78, 5) is 44.1. The molecule has 2 aromatic carbocycles. The van der Waals surface area contributed by atoms with Crippen LogP contribution in [0.2, 0.25) is 0 Å². The van der Waals surface area contributed by atoms with Gasteiger partial charge in [0.1, 0.15) is 34.1 Å². The summed E-state index contributed by atoms with van der Waals surface area (Å²) in [5, 5.41) is 37.6. The zero-order chi connectivity index (χ0) is 21.8. The molecule has 0 bridgehead atoms. The molecule has 28 heavy (non-hydrogen) atoms. The summed E-state index contributed by atoms with van der Waals surface area (Å²) in [6, 6.07) is 4.99. The summed E-state index contributed by atoms with van der Waals surface area (Å²) in [5.41, 5.74) is -0.351. The fourth-order valence-electron chi connectivity index (χ4n) is 2.42. The van der Waals surface area contributed by atoms with Crippen molar-refractivity contribution in [3.8, 4) is 23.0 Å². The second-order valence-electron chi connectivity index (χ2n) is 5.94. The fraction of sp³-hybridized carbons (Fsp3) is 0.200. The summed E-state index contributed by atoms with van der Waals surface area (Å²) in [6.07, 6.45) is 0. The van der Waals surface area contributed by atoms with Gasteiger partial charge in [-0.1, -0.05) is 0 Å². The summed E-state index contributed by atoms with van der Waals surface area (Å²) in [6.45, 7) is 4.96. The molecule has 0 unspecified atom stereocenters.